The van der Waals surface area contributed by atoms with Crippen LogP contribution in [0.15, 0.2) is 30.7 Å². The van der Waals surface area contributed by atoms with Gasteiger partial charge in [0, 0.05) is 31.6 Å². The number of aromatic nitrogens is 3. The number of imidazole rings is 1. The zero-order chi connectivity index (χ0) is 13.0. The third kappa shape index (κ3) is 2.55. The number of hydrazine groups is 1. The fourth-order valence-electron chi connectivity index (χ4n) is 1.89. The van der Waals surface area contributed by atoms with Crippen molar-refractivity contribution in [3.63, 3.8) is 0 Å². The monoisotopic (exact) mass is 249 g/mol. The van der Waals surface area contributed by atoms with Crippen molar-refractivity contribution in [3.8, 4) is 0 Å². The smallest absolute Gasteiger partial charge is 0.146 e. The predicted octanol–water partition coefficient (Wildman–Crippen LogP) is 1.18. The van der Waals surface area contributed by atoms with Crippen molar-refractivity contribution in [2.45, 2.75) is 25.9 Å². The van der Waals surface area contributed by atoms with Crippen LogP contribution in [-0.2, 0) is 13.0 Å². The van der Waals surface area contributed by atoms with Crippen LogP contribution in [0.4, 0.5) is 4.39 Å². The minimum Gasteiger partial charge on any atom is -0.335 e. The second-order valence-electron chi connectivity index (χ2n) is 3.92. The maximum Gasteiger partial charge on any atom is 0.146 e. The van der Waals surface area contributed by atoms with Crippen LogP contribution in [0, 0.1) is 5.82 Å². The third-order valence-corrected chi connectivity index (χ3v) is 2.85. The molecule has 1 unspecified atom stereocenters. The Morgan fingerprint density at radius 1 is 1.44 bits per heavy atom. The molecule has 0 radical (unpaired) electrons. The molecular weight excluding hydrogens is 233 g/mol. The van der Waals surface area contributed by atoms with Crippen LogP contribution >= 0.6 is 0 Å². The van der Waals surface area contributed by atoms with Crippen LogP contribution in [0.2, 0.25) is 0 Å². The molecule has 0 aromatic carbocycles. The Morgan fingerprint density at radius 2 is 2.28 bits per heavy atom. The second kappa shape index (κ2) is 5.70. The molecule has 0 saturated heterocycles. The Hall–Kier alpha value is -1.79. The van der Waals surface area contributed by atoms with Gasteiger partial charge in [-0.25, -0.2) is 9.37 Å². The first-order valence-electron chi connectivity index (χ1n) is 5.82. The summed E-state index contributed by atoms with van der Waals surface area (Å²) in [4.78, 5) is 8.28. The van der Waals surface area contributed by atoms with Crippen molar-refractivity contribution < 1.29 is 4.39 Å². The lowest BCUT2D eigenvalue weighted by atomic mass is 10.1. The molecule has 5 nitrogen and oxygen atoms in total. The molecule has 0 bridgehead atoms. The van der Waals surface area contributed by atoms with Crippen LogP contribution in [0.1, 0.15) is 24.5 Å². The quantitative estimate of drug-likeness (QED) is 0.617. The van der Waals surface area contributed by atoms with Gasteiger partial charge in [-0.15, -0.1) is 0 Å². The predicted molar refractivity (Wildman–Crippen MR) is 65.9 cm³/mol. The maximum atomic E-state index is 13.7. The number of nitrogens with one attached hydrogen (secondary N) is 1. The summed E-state index contributed by atoms with van der Waals surface area (Å²) in [6.07, 6.45) is 5.65. The number of aryl methyl sites for hydroxylation is 1. The van der Waals surface area contributed by atoms with E-state index >= 15 is 0 Å². The number of nitrogens with two attached hydrogens (primary N) is 1. The number of nitrogens with zero attached hydrogens (tertiary/aromatic N) is 3. The summed E-state index contributed by atoms with van der Waals surface area (Å²) < 4.78 is 15.6. The van der Waals surface area contributed by atoms with Gasteiger partial charge in [-0.05, 0) is 19.1 Å². The lowest BCUT2D eigenvalue weighted by Crippen LogP contribution is -2.31. The average molecular weight is 249 g/mol. The molecule has 2 rings (SSSR count). The van der Waals surface area contributed by atoms with Crippen LogP contribution in [0.25, 0.3) is 0 Å². The zero-order valence-electron chi connectivity index (χ0n) is 10.2. The van der Waals surface area contributed by atoms with Crippen molar-refractivity contribution in [2.75, 3.05) is 0 Å². The summed E-state index contributed by atoms with van der Waals surface area (Å²) in [6, 6.07) is 2.54. The van der Waals surface area contributed by atoms with Gasteiger partial charge in [0.25, 0.3) is 0 Å². The molecule has 18 heavy (non-hydrogen) atoms. The van der Waals surface area contributed by atoms with Crippen LogP contribution in [-0.4, -0.2) is 14.5 Å². The number of rotatable bonds is 5. The van der Waals surface area contributed by atoms with Gasteiger partial charge < -0.3 is 4.57 Å². The summed E-state index contributed by atoms with van der Waals surface area (Å²) in [5, 5.41) is 0. The Bertz CT molecular complexity index is 511. The van der Waals surface area contributed by atoms with E-state index in [0.29, 0.717) is 12.1 Å². The van der Waals surface area contributed by atoms with Crippen molar-refractivity contribution in [1.82, 2.24) is 20.0 Å². The van der Waals surface area contributed by atoms with Crippen LogP contribution < -0.4 is 11.3 Å². The molecule has 0 fully saturated rings. The van der Waals surface area contributed by atoms with Crippen molar-refractivity contribution >= 4 is 0 Å². The number of hydrogen-bond acceptors (Lipinski definition) is 4. The summed E-state index contributed by atoms with van der Waals surface area (Å²) in [7, 11) is 0. The van der Waals surface area contributed by atoms with Gasteiger partial charge in [0.05, 0.1) is 11.7 Å². The van der Waals surface area contributed by atoms with E-state index in [1.807, 2.05) is 17.7 Å². The number of pyridine rings is 1. The van der Waals surface area contributed by atoms with E-state index in [0.717, 1.165) is 12.4 Å². The molecule has 1 atom stereocenters. The summed E-state index contributed by atoms with van der Waals surface area (Å²) in [5.74, 6) is 5.97. The first-order valence-corrected chi connectivity index (χ1v) is 5.82. The third-order valence-electron chi connectivity index (χ3n) is 2.85. The van der Waals surface area contributed by atoms with Gasteiger partial charge >= 0.3 is 0 Å². The molecule has 0 amide bonds. The lowest BCUT2D eigenvalue weighted by molar-refractivity contribution is 0.478. The zero-order valence-corrected chi connectivity index (χ0v) is 10.2. The largest absolute Gasteiger partial charge is 0.335 e. The highest BCUT2D eigenvalue weighted by atomic mass is 19.1. The number of hydrogen-bond donors (Lipinski definition) is 2. The van der Waals surface area contributed by atoms with Crippen LogP contribution in [0.3, 0.4) is 0 Å². The molecule has 6 heteroatoms. The van der Waals surface area contributed by atoms with Crippen molar-refractivity contribution in [3.05, 3.63) is 48.1 Å². The van der Waals surface area contributed by atoms with E-state index < -0.39 is 0 Å². The molecule has 96 valence electrons. The van der Waals surface area contributed by atoms with E-state index in [-0.39, 0.29) is 11.9 Å². The fourth-order valence-corrected chi connectivity index (χ4v) is 1.89. The first-order chi connectivity index (χ1) is 8.76. The van der Waals surface area contributed by atoms with Gasteiger partial charge in [-0.3, -0.25) is 16.3 Å². The van der Waals surface area contributed by atoms with Crippen molar-refractivity contribution in [2.24, 2.45) is 5.84 Å². The second-order valence-corrected chi connectivity index (χ2v) is 3.92. The molecule has 3 N–H and O–H groups in total. The number of halogens is 1. The first kappa shape index (κ1) is 12.7. The highest BCUT2D eigenvalue weighted by molar-refractivity contribution is 5.13. The van der Waals surface area contributed by atoms with Gasteiger partial charge in [0.1, 0.15) is 11.6 Å². The molecule has 0 aliphatic heterocycles. The molecular formula is C12H16FN5. The van der Waals surface area contributed by atoms with Gasteiger partial charge in [0.15, 0.2) is 0 Å². The van der Waals surface area contributed by atoms with Gasteiger partial charge in [0.2, 0.25) is 0 Å². The van der Waals surface area contributed by atoms with Gasteiger partial charge in [-0.2, -0.15) is 0 Å². The molecule has 0 aliphatic rings. The standard InChI is InChI=1S/C12H16FN5/c1-2-18-7-6-15-11(18)8-10(17-14)12-9(13)4-3-5-16-12/h3-7,10,17H,2,8,14H2,1H3. The lowest BCUT2D eigenvalue weighted by Gasteiger charge is -2.16. The van der Waals surface area contributed by atoms with E-state index in [4.69, 9.17) is 5.84 Å². The molecule has 2 aromatic rings. The summed E-state index contributed by atoms with van der Waals surface area (Å²) in [5.41, 5.74) is 2.90. The van der Waals surface area contributed by atoms with E-state index in [1.165, 1.54) is 6.07 Å². The average Bonchev–Trinajstić information content (AvgIpc) is 2.84. The topological polar surface area (TPSA) is 68.8 Å². The highest BCUT2D eigenvalue weighted by Crippen LogP contribution is 2.17. The summed E-state index contributed by atoms with van der Waals surface area (Å²) >= 11 is 0. The Balaban J connectivity index is 2.23. The Morgan fingerprint density at radius 3 is 2.94 bits per heavy atom. The fraction of sp³-hybridized carbons (Fsp3) is 0.333. The summed E-state index contributed by atoms with van der Waals surface area (Å²) in [6.45, 7) is 2.84. The van der Waals surface area contributed by atoms with E-state index in [1.54, 1.807) is 18.5 Å². The van der Waals surface area contributed by atoms with E-state index in [2.05, 4.69) is 15.4 Å². The van der Waals surface area contributed by atoms with E-state index in [9.17, 15) is 4.39 Å². The molecule has 0 aliphatic carbocycles. The minimum absolute atomic E-state index is 0.311. The SMILES string of the molecule is CCn1ccnc1CC(NN)c1ncccc1F. The normalized spacial score (nSPS) is 12.6. The molecule has 2 aromatic heterocycles. The minimum atomic E-state index is -0.390. The Kier molecular flexibility index (Phi) is 4.01. The van der Waals surface area contributed by atoms with Gasteiger partial charge in [-0.1, -0.05) is 0 Å². The van der Waals surface area contributed by atoms with Crippen molar-refractivity contribution in [1.29, 1.82) is 0 Å². The van der Waals surface area contributed by atoms with Crippen LogP contribution in [0.5, 0.6) is 0 Å². The maximum absolute atomic E-state index is 13.7. The highest BCUT2D eigenvalue weighted by Gasteiger charge is 2.18. The molecule has 0 saturated carbocycles. The molecule has 2 heterocycles. The Labute approximate surface area is 105 Å². The molecule has 0 spiro atoms.